The Hall–Kier alpha value is -1.62. The Morgan fingerprint density at radius 1 is 1.55 bits per heavy atom. The number of aromatic nitrogens is 1. The molecule has 3 N–H and O–H groups in total. The molecule has 1 aliphatic carbocycles. The van der Waals surface area contributed by atoms with Crippen LogP contribution in [0.5, 0.6) is 0 Å². The summed E-state index contributed by atoms with van der Waals surface area (Å²) in [4.78, 5) is 18.7. The van der Waals surface area contributed by atoms with E-state index in [1.165, 1.54) is 0 Å². The summed E-state index contributed by atoms with van der Waals surface area (Å²) in [5.41, 5.74) is 6.28. The van der Waals surface area contributed by atoms with Gasteiger partial charge in [0.15, 0.2) is 5.82 Å². The van der Waals surface area contributed by atoms with E-state index in [0.717, 1.165) is 31.5 Å². The van der Waals surface area contributed by atoms with Gasteiger partial charge >= 0.3 is 0 Å². The molecular weight excluding hydrogens is 252 g/mol. The highest BCUT2D eigenvalue weighted by atomic mass is 16.2. The Labute approximate surface area is 120 Å². The second kappa shape index (κ2) is 5.79. The zero-order valence-electron chi connectivity index (χ0n) is 12.5. The van der Waals surface area contributed by atoms with E-state index in [2.05, 4.69) is 17.2 Å². The topological polar surface area (TPSA) is 71.2 Å². The van der Waals surface area contributed by atoms with E-state index in [0.29, 0.717) is 11.6 Å². The molecule has 5 nitrogen and oxygen atoms in total. The minimum Gasteiger partial charge on any atom is -0.361 e. The summed E-state index contributed by atoms with van der Waals surface area (Å²) >= 11 is 0. The summed E-state index contributed by atoms with van der Waals surface area (Å²) in [5, 5.41) is 2.95. The molecule has 1 aromatic heterocycles. The molecule has 2 atom stereocenters. The standard InChI is InChI=1S/C15H24N4O/c1-11-6-4-8-15(16,10-11)14(20)18-12-7-5-9-17-13(12)19(2)3/h5,7,9,11H,4,6,8,10,16H2,1-3H3,(H,18,20). The Morgan fingerprint density at radius 3 is 2.95 bits per heavy atom. The fourth-order valence-electron chi connectivity index (χ4n) is 2.90. The molecule has 0 radical (unpaired) electrons. The lowest BCUT2D eigenvalue weighted by Gasteiger charge is -2.35. The molecule has 1 saturated carbocycles. The average Bonchev–Trinajstić information content (AvgIpc) is 2.38. The fourth-order valence-corrected chi connectivity index (χ4v) is 2.90. The minimum absolute atomic E-state index is 0.0971. The molecule has 0 saturated heterocycles. The van der Waals surface area contributed by atoms with Crippen molar-refractivity contribution in [2.45, 2.75) is 38.1 Å². The number of pyridine rings is 1. The molecule has 5 heteroatoms. The van der Waals surface area contributed by atoms with Crippen molar-refractivity contribution in [2.75, 3.05) is 24.3 Å². The summed E-state index contributed by atoms with van der Waals surface area (Å²) in [6.45, 7) is 2.16. The van der Waals surface area contributed by atoms with Crippen molar-refractivity contribution in [3.05, 3.63) is 18.3 Å². The fraction of sp³-hybridized carbons (Fsp3) is 0.600. The highest BCUT2D eigenvalue weighted by Crippen LogP contribution is 2.32. The van der Waals surface area contributed by atoms with Crippen molar-refractivity contribution in [2.24, 2.45) is 11.7 Å². The van der Waals surface area contributed by atoms with Crippen LogP contribution in [-0.4, -0.2) is 30.5 Å². The van der Waals surface area contributed by atoms with Crippen molar-refractivity contribution in [3.8, 4) is 0 Å². The van der Waals surface area contributed by atoms with E-state index in [1.54, 1.807) is 6.20 Å². The molecule has 0 aromatic carbocycles. The second-order valence-corrected chi connectivity index (χ2v) is 6.08. The van der Waals surface area contributed by atoms with Gasteiger partial charge in [0.05, 0.1) is 11.2 Å². The van der Waals surface area contributed by atoms with Gasteiger partial charge in [-0.3, -0.25) is 4.79 Å². The normalized spacial score (nSPS) is 26.1. The first-order chi connectivity index (χ1) is 9.42. The van der Waals surface area contributed by atoms with E-state index in [-0.39, 0.29) is 5.91 Å². The molecule has 20 heavy (non-hydrogen) atoms. The Bertz CT molecular complexity index is 489. The van der Waals surface area contributed by atoms with Crippen molar-refractivity contribution in [1.82, 2.24) is 4.98 Å². The summed E-state index contributed by atoms with van der Waals surface area (Å²) in [6, 6.07) is 3.67. The van der Waals surface area contributed by atoms with Gasteiger partial charge in [0, 0.05) is 20.3 Å². The van der Waals surface area contributed by atoms with Gasteiger partial charge in [0.25, 0.3) is 0 Å². The number of nitrogens with zero attached hydrogens (tertiary/aromatic N) is 2. The van der Waals surface area contributed by atoms with Crippen LogP contribution in [0.1, 0.15) is 32.6 Å². The molecule has 1 aliphatic rings. The molecule has 0 bridgehead atoms. The predicted molar refractivity (Wildman–Crippen MR) is 81.7 cm³/mol. The van der Waals surface area contributed by atoms with Crippen molar-refractivity contribution in [3.63, 3.8) is 0 Å². The van der Waals surface area contributed by atoms with Crippen LogP contribution in [0.15, 0.2) is 18.3 Å². The molecule has 1 amide bonds. The molecule has 2 rings (SSSR count). The summed E-state index contributed by atoms with van der Waals surface area (Å²) < 4.78 is 0. The molecule has 1 heterocycles. The third kappa shape index (κ3) is 3.10. The van der Waals surface area contributed by atoms with Crippen LogP contribution in [0, 0.1) is 5.92 Å². The van der Waals surface area contributed by atoms with E-state index in [9.17, 15) is 4.79 Å². The third-order valence-corrected chi connectivity index (χ3v) is 3.94. The van der Waals surface area contributed by atoms with E-state index < -0.39 is 5.54 Å². The van der Waals surface area contributed by atoms with Crippen LogP contribution in [-0.2, 0) is 4.79 Å². The van der Waals surface area contributed by atoms with Crippen LogP contribution in [0.3, 0.4) is 0 Å². The largest absolute Gasteiger partial charge is 0.361 e. The quantitative estimate of drug-likeness (QED) is 0.885. The molecule has 0 spiro atoms. The molecule has 2 unspecified atom stereocenters. The minimum atomic E-state index is -0.753. The number of hydrogen-bond donors (Lipinski definition) is 2. The smallest absolute Gasteiger partial charge is 0.244 e. The maximum Gasteiger partial charge on any atom is 0.244 e. The number of anilines is 2. The Kier molecular flexibility index (Phi) is 4.28. The first kappa shape index (κ1) is 14.8. The van der Waals surface area contributed by atoms with Gasteiger partial charge < -0.3 is 16.0 Å². The molecule has 110 valence electrons. The van der Waals surface area contributed by atoms with Crippen molar-refractivity contribution >= 4 is 17.4 Å². The van der Waals surface area contributed by atoms with E-state index >= 15 is 0 Å². The van der Waals surface area contributed by atoms with Crippen LogP contribution in [0.4, 0.5) is 11.5 Å². The highest BCUT2D eigenvalue weighted by Gasteiger charge is 2.38. The molecule has 1 fully saturated rings. The number of nitrogens with two attached hydrogens (primary N) is 1. The Balaban J connectivity index is 2.15. The molecule has 0 aliphatic heterocycles. The highest BCUT2D eigenvalue weighted by molar-refractivity contribution is 5.99. The second-order valence-electron chi connectivity index (χ2n) is 6.08. The van der Waals surface area contributed by atoms with E-state index in [4.69, 9.17) is 5.73 Å². The predicted octanol–water partition coefficient (Wildman–Crippen LogP) is 1.99. The van der Waals surface area contributed by atoms with Crippen LogP contribution >= 0.6 is 0 Å². The molecule has 1 aromatic rings. The average molecular weight is 276 g/mol. The number of carbonyl (C=O) groups is 1. The van der Waals surface area contributed by atoms with Crippen LogP contribution in [0.25, 0.3) is 0 Å². The summed E-state index contributed by atoms with van der Waals surface area (Å²) in [6.07, 6.45) is 5.38. The maximum absolute atomic E-state index is 12.5. The van der Waals surface area contributed by atoms with Crippen LogP contribution < -0.4 is 16.0 Å². The maximum atomic E-state index is 12.5. The SMILES string of the molecule is CC1CCCC(N)(C(=O)Nc2cccnc2N(C)C)C1. The number of rotatable bonds is 3. The molecular formula is C15H24N4O. The lowest BCUT2D eigenvalue weighted by atomic mass is 9.76. The van der Waals surface area contributed by atoms with Crippen LogP contribution in [0.2, 0.25) is 0 Å². The van der Waals surface area contributed by atoms with Gasteiger partial charge in [0.1, 0.15) is 0 Å². The first-order valence-electron chi connectivity index (χ1n) is 7.15. The van der Waals surface area contributed by atoms with Crippen molar-refractivity contribution in [1.29, 1.82) is 0 Å². The third-order valence-electron chi connectivity index (χ3n) is 3.94. The zero-order valence-corrected chi connectivity index (χ0v) is 12.5. The van der Waals surface area contributed by atoms with Gasteiger partial charge in [-0.2, -0.15) is 0 Å². The first-order valence-corrected chi connectivity index (χ1v) is 7.15. The van der Waals surface area contributed by atoms with Gasteiger partial charge in [-0.05, 0) is 30.9 Å². The zero-order chi connectivity index (χ0) is 14.8. The number of amides is 1. The summed E-state index contributed by atoms with van der Waals surface area (Å²) in [7, 11) is 3.80. The Morgan fingerprint density at radius 2 is 2.30 bits per heavy atom. The monoisotopic (exact) mass is 276 g/mol. The van der Waals surface area contributed by atoms with Gasteiger partial charge in [-0.15, -0.1) is 0 Å². The lowest BCUT2D eigenvalue weighted by Crippen LogP contribution is -2.53. The van der Waals surface area contributed by atoms with Gasteiger partial charge in [0.2, 0.25) is 5.91 Å². The number of hydrogen-bond acceptors (Lipinski definition) is 4. The van der Waals surface area contributed by atoms with Gasteiger partial charge in [-0.1, -0.05) is 19.8 Å². The number of carbonyl (C=O) groups excluding carboxylic acids is 1. The lowest BCUT2D eigenvalue weighted by molar-refractivity contribution is -0.122. The summed E-state index contributed by atoms with van der Waals surface area (Å²) in [5.74, 6) is 1.15. The van der Waals surface area contributed by atoms with E-state index in [1.807, 2.05) is 31.1 Å². The van der Waals surface area contributed by atoms with Crippen molar-refractivity contribution < 1.29 is 4.79 Å². The number of nitrogens with one attached hydrogen (secondary N) is 1. The van der Waals surface area contributed by atoms with Gasteiger partial charge in [-0.25, -0.2) is 4.98 Å².